The van der Waals surface area contributed by atoms with E-state index in [-0.39, 0.29) is 18.0 Å². The predicted molar refractivity (Wildman–Crippen MR) is 79.0 cm³/mol. The van der Waals surface area contributed by atoms with Crippen LogP contribution in [0.15, 0.2) is 24.3 Å². The average molecular weight is 291 g/mol. The van der Waals surface area contributed by atoms with Crippen LogP contribution in [0.3, 0.4) is 0 Å². The van der Waals surface area contributed by atoms with Crippen LogP contribution in [0, 0.1) is 0 Å². The Morgan fingerprint density at radius 1 is 1.48 bits per heavy atom. The van der Waals surface area contributed by atoms with Crippen molar-refractivity contribution in [1.82, 2.24) is 15.5 Å². The molecular formula is C15H21N3O3. The molecule has 1 aliphatic heterocycles. The quantitative estimate of drug-likeness (QED) is 0.854. The zero-order valence-electron chi connectivity index (χ0n) is 12.6. The molecule has 2 rings (SSSR count). The molecule has 6 nitrogen and oxygen atoms in total. The largest absolute Gasteiger partial charge is 0.496 e. The highest BCUT2D eigenvalue weighted by atomic mass is 16.5. The second kappa shape index (κ2) is 6.47. The van der Waals surface area contributed by atoms with E-state index in [4.69, 9.17) is 4.74 Å². The standard InChI is InChI=1S/C15H21N3O3/c1-10(2)18-9-12(17-15(18)20)14(19)16-8-11-6-4-5-7-13(11)21-3/h4-7,10,12H,8-9H2,1-3H3,(H,16,19)(H,17,20). The molecular weight excluding hydrogens is 270 g/mol. The molecule has 1 aromatic carbocycles. The van der Waals surface area contributed by atoms with Gasteiger partial charge in [-0.1, -0.05) is 18.2 Å². The van der Waals surface area contributed by atoms with E-state index in [9.17, 15) is 9.59 Å². The van der Waals surface area contributed by atoms with Gasteiger partial charge < -0.3 is 20.3 Å². The van der Waals surface area contributed by atoms with E-state index in [1.54, 1.807) is 12.0 Å². The van der Waals surface area contributed by atoms with E-state index in [2.05, 4.69) is 10.6 Å². The average Bonchev–Trinajstić information content (AvgIpc) is 2.87. The van der Waals surface area contributed by atoms with Crippen molar-refractivity contribution in [2.75, 3.05) is 13.7 Å². The lowest BCUT2D eigenvalue weighted by atomic mass is 10.2. The lowest BCUT2D eigenvalue weighted by Gasteiger charge is -2.18. The van der Waals surface area contributed by atoms with Crippen molar-refractivity contribution in [2.24, 2.45) is 0 Å². The highest BCUT2D eigenvalue weighted by molar-refractivity contribution is 5.90. The van der Waals surface area contributed by atoms with Gasteiger partial charge in [0.2, 0.25) is 5.91 Å². The summed E-state index contributed by atoms with van der Waals surface area (Å²) in [6.07, 6.45) is 0. The van der Waals surface area contributed by atoms with Crippen LogP contribution in [0.2, 0.25) is 0 Å². The maximum absolute atomic E-state index is 12.1. The van der Waals surface area contributed by atoms with Gasteiger partial charge in [0.05, 0.1) is 13.7 Å². The number of amides is 3. The first kappa shape index (κ1) is 15.2. The summed E-state index contributed by atoms with van der Waals surface area (Å²) < 4.78 is 5.24. The van der Waals surface area contributed by atoms with Crippen molar-refractivity contribution in [3.8, 4) is 5.75 Å². The number of methoxy groups -OCH3 is 1. The van der Waals surface area contributed by atoms with Gasteiger partial charge in [0.25, 0.3) is 0 Å². The molecule has 0 saturated carbocycles. The van der Waals surface area contributed by atoms with E-state index >= 15 is 0 Å². The summed E-state index contributed by atoms with van der Waals surface area (Å²) in [5.74, 6) is 0.550. The molecule has 0 spiro atoms. The van der Waals surface area contributed by atoms with Crippen molar-refractivity contribution in [3.05, 3.63) is 29.8 Å². The summed E-state index contributed by atoms with van der Waals surface area (Å²) in [5, 5.41) is 5.53. The Labute approximate surface area is 124 Å². The summed E-state index contributed by atoms with van der Waals surface area (Å²) in [5.41, 5.74) is 0.901. The van der Waals surface area contributed by atoms with Crippen LogP contribution in [0.1, 0.15) is 19.4 Å². The van der Waals surface area contributed by atoms with E-state index in [0.717, 1.165) is 11.3 Å². The number of urea groups is 1. The Morgan fingerprint density at radius 2 is 2.19 bits per heavy atom. The fraction of sp³-hybridized carbons (Fsp3) is 0.467. The molecule has 1 saturated heterocycles. The van der Waals surface area contributed by atoms with Crippen molar-refractivity contribution in [3.63, 3.8) is 0 Å². The van der Waals surface area contributed by atoms with Crippen molar-refractivity contribution >= 4 is 11.9 Å². The number of rotatable bonds is 5. The highest BCUT2D eigenvalue weighted by Crippen LogP contribution is 2.17. The first-order valence-electron chi connectivity index (χ1n) is 6.99. The van der Waals surface area contributed by atoms with Gasteiger partial charge in [0.1, 0.15) is 11.8 Å². The van der Waals surface area contributed by atoms with Crippen molar-refractivity contribution < 1.29 is 14.3 Å². The summed E-state index contributed by atoms with van der Waals surface area (Å²) in [4.78, 5) is 25.5. The summed E-state index contributed by atoms with van der Waals surface area (Å²) in [6, 6.07) is 6.89. The van der Waals surface area contributed by atoms with E-state index in [1.165, 1.54) is 0 Å². The van der Waals surface area contributed by atoms with Gasteiger partial charge in [-0.15, -0.1) is 0 Å². The number of carbonyl (C=O) groups excluding carboxylic acids is 2. The highest BCUT2D eigenvalue weighted by Gasteiger charge is 2.34. The molecule has 0 radical (unpaired) electrons. The topological polar surface area (TPSA) is 70.7 Å². The van der Waals surface area contributed by atoms with Gasteiger partial charge in [-0.05, 0) is 19.9 Å². The summed E-state index contributed by atoms with van der Waals surface area (Å²) in [6.45, 7) is 4.62. The van der Waals surface area contributed by atoms with E-state index in [1.807, 2.05) is 38.1 Å². The van der Waals surface area contributed by atoms with Crippen molar-refractivity contribution in [1.29, 1.82) is 0 Å². The molecule has 2 N–H and O–H groups in total. The second-order valence-electron chi connectivity index (χ2n) is 5.28. The molecule has 0 aromatic heterocycles. The lowest BCUT2D eigenvalue weighted by Crippen LogP contribution is -2.42. The first-order valence-corrected chi connectivity index (χ1v) is 6.99. The third-order valence-electron chi connectivity index (χ3n) is 3.52. The minimum Gasteiger partial charge on any atom is -0.496 e. The molecule has 0 aliphatic carbocycles. The number of nitrogens with zero attached hydrogens (tertiary/aromatic N) is 1. The molecule has 0 bridgehead atoms. The van der Waals surface area contributed by atoms with Crippen LogP contribution in [0.5, 0.6) is 5.75 Å². The first-order chi connectivity index (χ1) is 10.0. The zero-order valence-corrected chi connectivity index (χ0v) is 12.6. The van der Waals surface area contributed by atoms with Gasteiger partial charge in [0.15, 0.2) is 0 Å². The minimum atomic E-state index is -0.505. The molecule has 6 heteroatoms. The zero-order chi connectivity index (χ0) is 15.4. The molecule has 21 heavy (non-hydrogen) atoms. The van der Waals surface area contributed by atoms with Crippen LogP contribution in [-0.2, 0) is 11.3 Å². The summed E-state index contributed by atoms with van der Waals surface area (Å²) in [7, 11) is 1.60. The van der Waals surface area contributed by atoms with Crippen LogP contribution in [0.4, 0.5) is 4.79 Å². The van der Waals surface area contributed by atoms with E-state index in [0.29, 0.717) is 13.1 Å². The fourth-order valence-electron chi connectivity index (χ4n) is 2.31. The molecule has 1 fully saturated rings. The molecule has 1 aromatic rings. The number of hydrogen-bond acceptors (Lipinski definition) is 3. The molecule has 1 heterocycles. The molecule has 3 amide bonds. The number of benzene rings is 1. The Kier molecular flexibility index (Phi) is 4.67. The number of hydrogen-bond donors (Lipinski definition) is 2. The SMILES string of the molecule is COc1ccccc1CNC(=O)C1CN(C(C)C)C(=O)N1. The molecule has 1 aliphatic rings. The predicted octanol–water partition coefficient (Wildman–Crippen LogP) is 1.11. The number of ether oxygens (including phenoxy) is 1. The maximum atomic E-state index is 12.1. The normalized spacial score (nSPS) is 17.8. The third kappa shape index (κ3) is 3.45. The summed E-state index contributed by atoms with van der Waals surface area (Å²) >= 11 is 0. The Hall–Kier alpha value is -2.24. The monoisotopic (exact) mass is 291 g/mol. The molecule has 1 unspecified atom stereocenters. The second-order valence-corrected chi connectivity index (χ2v) is 5.28. The van der Waals surface area contributed by atoms with Gasteiger partial charge in [-0.2, -0.15) is 0 Å². The smallest absolute Gasteiger partial charge is 0.318 e. The lowest BCUT2D eigenvalue weighted by molar-refractivity contribution is -0.122. The number of nitrogens with one attached hydrogen (secondary N) is 2. The maximum Gasteiger partial charge on any atom is 0.318 e. The van der Waals surface area contributed by atoms with Gasteiger partial charge >= 0.3 is 6.03 Å². The van der Waals surface area contributed by atoms with Gasteiger partial charge in [0, 0.05) is 18.2 Å². The fourth-order valence-corrected chi connectivity index (χ4v) is 2.31. The minimum absolute atomic E-state index is 0.0806. The third-order valence-corrected chi connectivity index (χ3v) is 3.52. The molecule has 114 valence electrons. The van der Waals surface area contributed by atoms with Crippen LogP contribution in [0.25, 0.3) is 0 Å². The van der Waals surface area contributed by atoms with Gasteiger partial charge in [-0.3, -0.25) is 4.79 Å². The van der Waals surface area contributed by atoms with Gasteiger partial charge in [-0.25, -0.2) is 4.79 Å². The van der Waals surface area contributed by atoms with Crippen LogP contribution < -0.4 is 15.4 Å². The van der Waals surface area contributed by atoms with Crippen LogP contribution in [-0.4, -0.2) is 42.6 Å². The Balaban J connectivity index is 1.92. The number of para-hydroxylation sites is 1. The Bertz CT molecular complexity index is 531. The van der Waals surface area contributed by atoms with E-state index < -0.39 is 6.04 Å². The van der Waals surface area contributed by atoms with Crippen molar-refractivity contribution in [2.45, 2.75) is 32.5 Å². The van der Waals surface area contributed by atoms with Crippen LogP contribution >= 0.6 is 0 Å². The Morgan fingerprint density at radius 3 is 2.81 bits per heavy atom. The number of carbonyl (C=O) groups is 2. The molecule has 1 atom stereocenters.